The molecule has 0 aliphatic rings. The quantitative estimate of drug-likeness (QED) is 0.292. The van der Waals surface area contributed by atoms with Gasteiger partial charge in [-0.2, -0.15) is 0 Å². The summed E-state index contributed by atoms with van der Waals surface area (Å²) in [7, 11) is 0. The van der Waals surface area contributed by atoms with Crippen LogP contribution in [0.1, 0.15) is 122 Å². The van der Waals surface area contributed by atoms with Crippen LogP contribution < -0.4 is 0 Å². The van der Waals surface area contributed by atoms with Crippen molar-refractivity contribution in [1.82, 2.24) is 0 Å². The van der Waals surface area contributed by atoms with E-state index in [1.807, 2.05) is 0 Å². The molecule has 6 unspecified atom stereocenters. The average Bonchev–Trinajstić information content (AvgIpc) is 2.52. The second-order valence-electron chi connectivity index (χ2n) is 11.2. The van der Waals surface area contributed by atoms with Gasteiger partial charge in [-0.05, 0) is 75.0 Å². The largest absolute Gasteiger partial charge is 0.369 e. The first-order valence-electron chi connectivity index (χ1n) is 12.0. The fraction of sp³-hybridized carbons (Fsp3) is 1.00. The molecule has 0 aliphatic carbocycles. The van der Waals surface area contributed by atoms with Gasteiger partial charge in [0, 0.05) is 0 Å². The van der Waals surface area contributed by atoms with Crippen molar-refractivity contribution in [1.29, 1.82) is 0 Å². The van der Waals surface area contributed by atoms with E-state index in [0.717, 1.165) is 24.7 Å². The zero-order chi connectivity index (χ0) is 21.4. The maximum atomic E-state index is 7.26. The molecular weight excluding hydrogens is 328 g/mol. The van der Waals surface area contributed by atoms with Crippen molar-refractivity contribution in [3.05, 3.63) is 0 Å². The normalized spacial score (nSPS) is 21.6. The molecule has 0 fully saturated rings. The molecule has 0 aromatic heterocycles. The molecule has 27 heavy (non-hydrogen) atoms. The summed E-state index contributed by atoms with van der Waals surface area (Å²) in [6, 6.07) is 0. The van der Waals surface area contributed by atoms with Crippen LogP contribution >= 0.6 is 0 Å². The fourth-order valence-electron chi connectivity index (χ4n) is 4.88. The van der Waals surface area contributed by atoms with Gasteiger partial charge in [-0.15, -0.1) is 0 Å². The van der Waals surface area contributed by atoms with E-state index in [1.165, 1.54) is 25.7 Å². The molecule has 1 heteroatoms. The summed E-state index contributed by atoms with van der Waals surface area (Å²) in [6.07, 6.45) is 7.34. The monoisotopic (exact) mass is 382 g/mol. The smallest absolute Gasteiger partial charge is 0.0690 e. The highest BCUT2D eigenvalue weighted by Crippen LogP contribution is 2.43. The van der Waals surface area contributed by atoms with Crippen LogP contribution in [0.15, 0.2) is 0 Å². The molecule has 0 rings (SSSR count). The Labute approximate surface area is 173 Å². The minimum Gasteiger partial charge on any atom is -0.369 e. The van der Waals surface area contributed by atoms with Crippen LogP contribution in [-0.2, 0) is 4.74 Å². The number of rotatable bonds is 14. The second kappa shape index (κ2) is 11.8. The van der Waals surface area contributed by atoms with Crippen molar-refractivity contribution >= 4 is 0 Å². The van der Waals surface area contributed by atoms with Gasteiger partial charge in [0.25, 0.3) is 0 Å². The Balaban J connectivity index is 5.69. The van der Waals surface area contributed by atoms with Gasteiger partial charge in [-0.3, -0.25) is 0 Å². The minimum absolute atomic E-state index is 0.0506. The zero-order valence-corrected chi connectivity index (χ0v) is 21.1. The summed E-state index contributed by atoms with van der Waals surface area (Å²) in [5.41, 5.74) is -0.101. The highest BCUT2D eigenvalue weighted by atomic mass is 16.5. The number of ether oxygens (including phenoxy) is 1. The SMILES string of the molecule is CCC(C)CC(C)C(C)(CC(C)C)OC(C)(CC(C)C)C(C)CC(C)CC. The van der Waals surface area contributed by atoms with E-state index in [4.69, 9.17) is 4.74 Å². The van der Waals surface area contributed by atoms with E-state index < -0.39 is 0 Å². The van der Waals surface area contributed by atoms with Crippen LogP contribution in [-0.4, -0.2) is 11.2 Å². The van der Waals surface area contributed by atoms with Crippen molar-refractivity contribution in [2.24, 2.45) is 35.5 Å². The summed E-state index contributed by atoms with van der Waals surface area (Å²) in [4.78, 5) is 0. The zero-order valence-electron chi connectivity index (χ0n) is 21.1. The molecule has 0 saturated heterocycles. The van der Waals surface area contributed by atoms with E-state index in [9.17, 15) is 0 Å². The standard InChI is InChI=1S/C26H54O/c1-13-21(7)15-23(9)25(11,17-19(3)4)27-26(12,18-20(5)6)24(10)16-22(8)14-2/h19-24H,13-18H2,1-12H3. The van der Waals surface area contributed by atoms with Crippen molar-refractivity contribution in [3.63, 3.8) is 0 Å². The van der Waals surface area contributed by atoms with Gasteiger partial charge in [-0.25, -0.2) is 0 Å². The van der Waals surface area contributed by atoms with Crippen LogP contribution in [0, 0.1) is 35.5 Å². The Morgan fingerprint density at radius 2 is 0.889 bits per heavy atom. The first kappa shape index (κ1) is 27.0. The van der Waals surface area contributed by atoms with Gasteiger partial charge < -0.3 is 4.74 Å². The summed E-state index contributed by atoms with van der Waals surface area (Å²) in [5.74, 6) is 4.01. The van der Waals surface area contributed by atoms with Crippen LogP contribution in [0.3, 0.4) is 0 Å². The minimum atomic E-state index is -0.0506. The third-order valence-electron chi connectivity index (χ3n) is 7.08. The van der Waals surface area contributed by atoms with Crippen molar-refractivity contribution < 1.29 is 4.74 Å². The molecule has 1 nitrogen and oxygen atoms in total. The number of hydrogen-bond donors (Lipinski definition) is 0. The van der Waals surface area contributed by atoms with Gasteiger partial charge in [-0.1, -0.05) is 82.1 Å². The van der Waals surface area contributed by atoms with E-state index in [-0.39, 0.29) is 11.2 Å². The molecule has 0 bridgehead atoms. The van der Waals surface area contributed by atoms with Crippen LogP contribution in [0.5, 0.6) is 0 Å². The molecule has 0 saturated carbocycles. The highest BCUT2D eigenvalue weighted by molar-refractivity contribution is 4.92. The molecule has 0 aromatic carbocycles. The van der Waals surface area contributed by atoms with Crippen LogP contribution in [0.25, 0.3) is 0 Å². The third-order valence-corrected chi connectivity index (χ3v) is 7.08. The summed E-state index contributed by atoms with van der Waals surface area (Å²) < 4.78 is 7.26. The average molecular weight is 383 g/mol. The lowest BCUT2D eigenvalue weighted by atomic mass is 9.74. The van der Waals surface area contributed by atoms with E-state index in [1.54, 1.807) is 0 Å². The Bertz CT molecular complexity index is 352. The van der Waals surface area contributed by atoms with E-state index >= 15 is 0 Å². The predicted molar refractivity (Wildman–Crippen MR) is 123 cm³/mol. The molecule has 0 amide bonds. The molecule has 0 heterocycles. The lowest BCUT2D eigenvalue weighted by Crippen LogP contribution is -2.50. The maximum absolute atomic E-state index is 7.26. The highest BCUT2D eigenvalue weighted by Gasteiger charge is 2.43. The molecule has 0 N–H and O–H groups in total. The van der Waals surface area contributed by atoms with Gasteiger partial charge in [0.05, 0.1) is 11.2 Å². The van der Waals surface area contributed by atoms with E-state index in [0.29, 0.717) is 23.7 Å². The Morgan fingerprint density at radius 1 is 0.593 bits per heavy atom. The van der Waals surface area contributed by atoms with Gasteiger partial charge in [0.2, 0.25) is 0 Å². The van der Waals surface area contributed by atoms with Crippen molar-refractivity contribution in [2.45, 2.75) is 133 Å². The Hall–Kier alpha value is -0.0400. The fourth-order valence-corrected chi connectivity index (χ4v) is 4.88. The Kier molecular flexibility index (Phi) is 11.8. The van der Waals surface area contributed by atoms with Gasteiger partial charge >= 0.3 is 0 Å². The Morgan fingerprint density at radius 3 is 1.11 bits per heavy atom. The van der Waals surface area contributed by atoms with Gasteiger partial charge in [0.15, 0.2) is 0 Å². The lowest BCUT2D eigenvalue weighted by molar-refractivity contribution is -0.202. The van der Waals surface area contributed by atoms with Gasteiger partial charge in [0.1, 0.15) is 0 Å². The van der Waals surface area contributed by atoms with E-state index in [2.05, 4.69) is 83.1 Å². The maximum Gasteiger partial charge on any atom is 0.0690 e. The topological polar surface area (TPSA) is 9.23 Å². The van der Waals surface area contributed by atoms with Crippen LogP contribution in [0.2, 0.25) is 0 Å². The number of hydrogen-bond acceptors (Lipinski definition) is 1. The van der Waals surface area contributed by atoms with Crippen LogP contribution in [0.4, 0.5) is 0 Å². The molecule has 164 valence electrons. The molecule has 0 aliphatic heterocycles. The molecule has 0 spiro atoms. The summed E-state index contributed by atoms with van der Waals surface area (Å²) in [6.45, 7) is 28.5. The second-order valence-corrected chi connectivity index (χ2v) is 11.2. The first-order chi connectivity index (χ1) is 12.3. The molecular formula is C26H54O. The summed E-state index contributed by atoms with van der Waals surface area (Å²) >= 11 is 0. The van der Waals surface area contributed by atoms with Crippen molar-refractivity contribution in [2.75, 3.05) is 0 Å². The first-order valence-corrected chi connectivity index (χ1v) is 12.0. The third kappa shape index (κ3) is 9.33. The lowest BCUT2D eigenvalue weighted by Gasteiger charge is -2.49. The van der Waals surface area contributed by atoms with Crippen molar-refractivity contribution in [3.8, 4) is 0 Å². The molecule has 6 atom stereocenters. The molecule has 0 aromatic rings. The predicted octanol–water partition coefficient (Wildman–Crippen LogP) is 8.76. The summed E-state index contributed by atoms with van der Waals surface area (Å²) in [5, 5.41) is 0. The molecule has 0 radical (unpaired) electrons.